The van der Waals surface area contributed by atoms with E-state index in [9.17, 15) is 4.79 Å². The summed E-state index contributed by atoms with van der Waals surface area (Å²) in [4.78, 5) is 11.6. The lowest BCUT2D eigenvalue weighted by Gasteiger charge is -2.05. The van der Waals surface area contributed by atoms with Gasteiger partial charge >= 0.3 is 0 Å². The summed E-state index contributed by atoms with van der Waals surface area (Å²) in [5, 5.41) is 1.22. The topological polar surface area (TPSA) is 17.1 Å². The lowest BCUT2D eigenvalue weighted by molar-refractivity contribution is 0.0989. The minimum atomic E-state index is 0.0695. The molecule has 0 heterocycles. The molecular weight excluding hydrogens is 287 g/mol. The zero-order valence-electron chi connectivity index (χ0n) is 7.40. The Morgan fingerprint density at radius 1 is 1.43 bits per heavy atom. The van der Waals surface area contributed by atoms with Gasteiger partial charge in [-0.25, -0.2) is 0 Å². The summed E-state index contributed by atoms with van der Waals surface area (Å²) in [7, 11) is 0. The lowest BCUT2D eigenvalue weighted by Crippen LogP contribution is -2.03. The first-order valence-corrected chi connectivity index (χ1v) is 6.16. The number of alkyl halides is 2. The van der Waals surface area contributed by atoms with Gasteiger partial charge in [0.15, 0.2) is 5.78 Å². The van der Waals surface area contributed by atoms with Crippen LogP contribution in [0.1, 0.15) is 22.3 Å². The van der Waals surface area contributed by atoms with Gasteiger partial charge in [0.1, 0.15) is 0 Å². The molecule has 1 aromatic rings. The van der Waals surface area contributed by atoms with Crippen LogP contribution in [0.2, 0.25) is 5.02 Å². The number of carbonyl (C=O) groups excluding carboxylic acids is 1. The highest BCUT2D eigenvalue weighted by Crippen LogP contribution is 2.19. The molecule has 0 saturated heterocycles. The van der Waals surface area contributed by atoms with E-state index in [-0.39, 0.29) is 5.78 Å². The molecule has 0 amide bonds. The molecule has 0 aliphatic rings. The summed E-state index contributed by atoms with van der Waals surface area (Å²) in [5.74, 6) is 0.403. The molecule has 4 heteroatoms. The Bertz CT molecular complexity index is 339. The molecular formula is C10H9BrCl2O. The van der Waals surface area contributed by atoms with Crippen molar-refractivity contribution in [3.8, 4) is 0 Å². The Kier molecular flexibility index (Phi) is 4.93. The molecule has 0 bridgehead atoms. The molecule has 76 valence electrons. The van der Waals surface area contributed by atoms with Crippen molar-refractivity contribution in [2.45, 2.75) is 12.3 Å². The third kappa shape index (κ3) is 2.97. The van der Waals surface area contributed by atoms with E-state index in [1.54, 1.807) is 18.2 Å². The van der Waals surface area contributed by atoms with E-state index >= 15 is 0 Å². The van der Waals surface area contributed by atoms with Crippen molar-refractivity contribution in [1.29, 1.82) is 0 Å². The van der Waals surface area contributed by atoms with E-state index in [1.165, 1.54) is 0 Å². The number of halogens is 3. The van der Waals surface area contributed by atoms with E-state index in [4.69, 9.17) is 23.2 Å². The average molecular weight is 296 g/mol. The van der Waals surface area contributed by atoms with E-state index < -0.39 is 0 Å². The van der Waals surface area contributed by atoms with Crippen molar-refractivity contribution in [3.63, 3.8) is 0 Å². The summed E-state index contributed by atoms with van der Waals surface area (Å²) >= 11 is 14.8. The number of hydrogen-bond acceptors (Lipinski definition) is 1. The van der Waals surface area contributed by atoms with Crippen LogP contribution in [0.15, 0.2) is 18.2 Å². The van der Waals surface area contributed by atoms with E-state index in [2.05, 4.69) is 15.9 Å². The quantitative estimate of drug-likeness (QED) is 0.605. The normalized spacial score (nSPS) is 10.2. The molecule has 0 aromatic heterocycles. The number of ketones is 1. The highest BCUT2D eigenvalue weighted by atomic mass is 79.9. The molecule has 0 aliphatic carbocycles. The highest BCUT2D eigenvalue weighted by molar-refractivity contribution is 9.09. The standard InChI is InChI=1S/C10H9BrCl2O/c11-4-3-10(14)9-5-8(13)2-1-7(9)6-12/h1-2,5H,3-4,6H2. The molecule has 0 saturated carbocycles. The van der Waals surface area contributed by atoms with Gasteiger partial charge in [0, 0.05) is 28.2 Å². The summed E-state index contributed by atoms with van der Waals surface area (Å²) in [6.45, 7) is 0. The fourth-order valence-electron chi connectivity index (χ4n) is 1.15. The monoisotopic (exact) mass is 294 g/mol. The van der Waals surface area contributed by atoms with E-state index in [0.29, 0.717) is 28.2 Å². The van der Waals surface area contributed by atoms with Crippen LogP contribution in [0.25, 0.3) is 0 Å². The Labute approximate surface area is 102 Å². The van der Waals surface area contributed by atoms with Crippen LogP contribution in [0, 0.1) is 0 Å². The third-order valence-electron chi connectivity index (χ3n) is 1.84. The van der Waals surface area contributed by atoms with Gasteiger partial charge in [-0.1, -0.05) is 33.6 Å². The van der Waals surface area contributed by atoms with Gasteiger partial charge in [0.05, 0.1) is 0 Å². The molecule has 1 aromatic carbocycles. The van der Waals surface area contributed by atoms with Crippen molar-refractivity contribution >= 4 is 44.9 Å². The van der Waals surface area contributed by atoms with Crippen LogP contribution >= 0.6 is 39.1 Å². The number of carbonyl (C=O) groups is 1. The molecule has 0 spiro atoms. The van der Waals surface area contributed by atoms with Gasteiger partial charge in [-0.15, -0.1) is 11.6 Å². The molecule has 1 rings (SSSR count). The Morgan fingerprint density at radius 3 is 2.71 bits per heavy atom. The maximum absolute atomic E-state index is 11.6. The lowest BCUT2D eigenvalue weighted by atomic mass is 10.0. The molecule has 14 heavy (non-hydrogen) atoms. The third-order valence-corrected chi connectivity index (χ3v) is 2.76. The maximum atomic E-state index is 11.6. The van der Waals surface area contributed by atoms with Crippen LogP contribution in [0.3, 0.4) is 0 Å². The van der Waals surface area contributed by atoms with Gasteiger partial charge in [-0.05, 0) is 17.7 Å². The zero-order valence-corrected chi connectivity index (χ0v) is 10.5. The first-order chi connectivity index (χ1) is 6.69. The van der Waals surface area contributed by atoms with Crippen LogP contribution < -0.4 is 0 Å². The second-order valence-electron chi connectivity index (χ2n) is 2.80. The summed E-state index contributed by atoms with van der Waals surface area (Å²) in [6.07, 6.45) is 0.463. The van der Waals surface area contributed by atoms with Gasteiger partial charge in [-0.3, -0.25) is 4.79 Å². The SMILES string of the molecule is O=C(CCBr)c1cc(Cl)ccc1CCl. The molecule has 0 atom stereocenters. The summed E-state index contributed by atoms with van der Waals surface area (Å²) in [5.41, 5.74) is 1.47. The molecule has 0 radical (unpaired) electrons. The van der Waals surface area contributed by atoms with Gasteiger partial charge in [-0.2, -0.15) is 0 Å². The first kappa shape index (κ1) is 12.0. The van der Waals surface area contributed by atoms with Crippen LogP contribution in [-0.2, 0) is 5.88 Å². The molecule has 1 nitrogen and oxygen atoms in total. The first-order valence-electron chi connectivity index (χ1n) is 4.12. The largest absolute Gasteiger partial charge is 0.294 e. The van der Waals surface area contributed by atoms with Crippen molar-refractivity contribution in [1.82, 2.24) is 0 Å². The Hall–Kier alpha value is -0.0500. The number of rotatable bonds is 4. The van der Waals surface area contributed by atoms with Gasteiger partial charge in [0.2, 0.25) is 0 Å². The fraction of sp³-hybridized carbons (Fsp3) is 0.300. The average Bonchev–Trinajstić information content (AvgIpc) is 2.18. The number of Topliss-reactive ketones (excluding diaryl/α,β-unsaturated/α-hetero) is 1. The highest BCUT2D eigenvalue weighted by Gasteiger charge is 2.10. The van der Waals surface area contributed by atoms with Crippen LogP contribution in [0.4, 0.5) is 0 Å². The summed E-state index contributed by atoms with van der Waals surface area (Å²) in [6, 6.07) is 5.20. The van der Waals surface area contributed by atoms with Crippen LogP contribution in [0.5, 0.6) is 0 Å². The van der Waals surface area contributed by atoms with Gasteiger partial charge < -0.3 is 0 Å². The van der Waals surface area contributed by atoms with Gasteiger partial charge in [0.25, 0.3) is 0 Å². The number of hydrogen-bond donors (Lipinski definition) is 0. The summed E-state index contributed by atoms with van der Waals surface area (Å²) < 4.78 is 0. The molecule has 0 fully saturated rings. The molecule has 0 unspecified atom stereocenters. The Balaban J connectivity index is 3.03. The zero-order chi connectivity index (χ0) is 10.6. The second-order valence-corrected chi connectivity index (χ2v) is 4.29. The molecule has 0 aliphatic heterocycles. The van der Waals surface area contributed by atoms with E-state index in [0.717, 1.165) is 5.56 Å². The van der Waals surface area contributed by atoms with Crippen LogP contribution in [-0.4, -0.2) is 11.1 Å². The van der Waals surface area contributed by atoms with Crippen molar-refractivity contribution < 1.29 is 4.79 Å². The maximum Gasteiger partial charge on any atom is 0.164 e. The minimum Gasteiger partial charge on any atom is -0.294 e. The smallest absolute Gasteiger partial charge is 0.164 e. The molecule has 0 N–H and O–H groups in total. The Morgan fingerprint density at radius 2 is 2.14 bits per heavy atom. The van der Waals surface area contributed by atoms with Crippen molar-refractivity contribution in [2.24, 2.45) is 0 Å². The minimum absolute atomic E-state index is 0.0695. The predicted octanol–water partition coefficient (Wildman–Crippen LogP) is 4.05. The fourth-order valence-corrected chi connectivity index (χ4v) is 1.91. The van der Waals surface area contributed by atoms with Crippen molar-refractivity contribution in [2.75, 3.05) is 5.33 Å². The van der Waals surface area contributed by atoms with Crippen molar-refractivity contribution in [3.05, 3.63) is 34.3 Å². The predicted molar refractivity (Wildman–Crippen MR) is 63.8 cm³/mol. The second kappa shape index (κ2) is 5.74. The number of benzene rings is 1. The van der Waals surface area contributed by atoms with E-state index in [1.807, 2.05) is 0 Å².